The molecular formula is C25H31N3O4S. The topological polar surface area (TPSA) is 78.0 Å². The molecule has 0 spiro atoms. The van der Waals surface area contributed by atoms with Gasteiger partial charge >= 0.3 is 0 Å². The molecule has 2 fully saturated rings. The van der Waals surface area contributed by atoms with Crippen molar-refractivity contribution < 1.29 is 18.0 Å². The highest BCUT2D eigenvalue weighted by Crippen LogP contribution is 2.24. The van der Waals surface area contributed by atoms with Gasteiger partial charge in [-0.25, -0.2) is 8.42 Å². The summed E-state index contributed by atoms with van der Waals surface area (Å²) in [6, 6.07) is 14.2. The molecule has 0 atom stereocenters. The van der Waals surface area contributed by atoms with E-state index in [1.165, 1.54) is 4.31 Å². The highest BCUT2D eigenvalue weighted by Gasteiger charge is 2.30. The first-order valence-corrected chi connectivity index (χ1v) is 13.0. The number of piperidine rings is 1. The molecule has 0 N–H and O–H groups in total. The van der Waals surface area contributed by atoms with Gasteiger partial charge in [0.1, 0.15) is 0 Å². The molecule has 0 aliphatic carbocycles. The minimum atomic E-state index is -3.58. The summed E-state index contributed by atoms with van der Waals surface area (Å²) < 4.78 is 27.5. The van der Waals surface area contributed by atoms with Gasteiger partial charge in [-0.3, -0.25) is 9.59 Å². The Kier molecular flexibility index (Phi) is 6.86. The highest BCUT2D eigenvalue weighted by molar-refractivity contribution is 7.89. The number of nitrogens with zero attached hydrogens (tertiary/aromatic N) is 3. The van der Waals surface area contributed by atoms with Gasteiger partial charge in [0.05, 0.1) is 4.90 Å². The molecule has 4 rings (SSSR count). The van der Waals surface area contributed by atoms with Gasteiger partial charge in [0.15, 0.2) is 0 Å². The summed E-state index contributed by atoms with van der Waals surface area (Å²) in [4.78, 5) is 28.8. The van der Waals surface area contributed by atoms with Gasteiger partial charge in [0.2, 0.25) is 15.9 Å². The van der Waals surface area contributed by atoms with E-state index < -0.39 is 10.0 Å². The number of carbonyl (C=O) groups is 2. The molecule has 8 heteroatoms. The Morgan fingerprint density at radius 3 is 2.06 bits per heavy atom. The molecule has 2 saturated heterocycles. The third-order valence-corrected chi connectivity index (χ3v) is 8.37. The van der Waals surface area contributed by atoms with E-state index in [9.17, 15) is 18.0 Å². The maximum atomic E-state index is 13.0. The van der Waals surface area contributed by atoms with E-state index in [0.717, 1.165) is 24.1 Å². The molecule has 2 amide bonds. The molecule has 0 saturated carbocycles. The number of carbonyl (C=O) groups excluding carboxylic acids is 2. The summed E-state index contributed by atoms with van der Waals surface area (Å²) in [5.41, 5.74) is 2.46. The Bertz CT molecular complexity index is 1100. The summed E-state index contributed by atoms with van der Waals surface area (Å²) in [5, 5.41) is 0. The molecule has 2 aromatic rings. The Hall–Kier alpha value is -2.71. The van der Waals surface area contributed by atoms with Crippen LogP contribution in [0.25, 0.3) is 0 Å². The van der Waals surface area contributed by atoms with Gasteiger partial charge in [-0.1, -0.05) is 26.0 Å². The van der Waals surface area contributed by atoms with Gasteiger partial charge in [-0.05, 0) is 60.7 Å². The number of piperazine rings is 1. The van der Waals surface area contributed by atoms with Crippen molar-refractivity contribution in [2.24, 2.45) is 0 Å². The zero-order valence-electron chi connectivity index (χ0n) is 19.2. The van der Waals surface area contributed by atoms with Crippen LogP contribution in [0.15, 0.2) is 53.4 Å². The third-order valence-electron chi connectivity index (χ3n) is 6.46. The Balaban J connectivity index is 1.38. The van der Waals surface area contributed by atoms with Crippen molar-refractivity contribution in [2.45, 2.75) is 43.9 Å². The van der Waals surface area contributed by atoms with Crippen LogP contribution in [-0.2, 0) is 14.8 Å². The number of hydrogen-bond acceptors (Lipinski definition) is 4. The number of amides is 2. The van der Waals surface area contributed by atoms with Gasteiger partial charge in [-0.2, -0.15) is 4.31 Å². The number of sulfonamides is 1. The van der Waals surface area contributed by atoms with Crippen molar-refractivity contribution in [1.82, 2.24) is 9.21 Å². The van der Waals surface area contributed by atoms with Gasteiger partial charge in [0.25, 0.3) is 5.91 Å². The van der Waals surface area contributed by atoms with Crippen LogP contribution in [0.2, 0.25) is 0 Å². The Labute approximate surface area is 196 Å². The maximum Gasteiger partial charge on any atom is 0.253 e. The van der Waals surface area contributed by atoms with Crippen molar-refractivity contribution in [3.8, 4) is 0 Å². The monoisotopic (exact) mass is 469 g/mol. The quantitative estimate of drug-likeness (QED) is 0.672. The van der Waals surface area contributed by atoms with Crippen LogP contribution < -0.4 is 4.90 Å². The van der Waals surface area contributed by atoms with Crippen LogP contribution in [0.1, 0.15) is 54.9 Å². The molecule has 2 aliphatic rings. The van der Waals surface area contributed by atoms with Crippen molar-refractivity contribution in [2.75, 3.05) is 37.6 Å². The predicted molar refractivity (Wildman–Crippen MR) is 128 cm³/mol. The number of benzene rings is 2. The lowest BCUT2D eigenvalue weighted by Gasteiger charge is -2.34. The first-order valence-electron chi connectivity index (χ1n) is 11.6. The van der Waals surface area contributed by atoms with Crippen LogP contribution in [0.5, 0.6) is 0 Å². The summed E-state index contributed by atoms with van der Waals surface area (Å²) in [5.74, 6) is 0.340. The zero-order chi connectivity index (χ0) is 23.6. The van der Waals surface area contributed by atoms with Crippen LogP contribution in [0.4, 0.5) is 5.69 Å². The summed E-state index contributed by atoms with van der Waals surface area (Å²) in [6.45, 7) is 6.06. The molecular weight excluding hydrogens is 438 g/mol. The van der Waals surface area contributed by atoms with Crippen molar-refractivity contribution in [3.63, 3.8) is 0 Å². The fourth-order valence-corrected chi connectivity index (χ4v) is 5.77. The lowest BCUT2D eigenvalue weighted by Crippen LogP contribution is -2.50. The Morgan fingerprint density at radius 2 is 1.48 bits per heavy atom. The third kappa shape index (κ3) is 4.96. The molecule has 0 radical (unpaired) electrons. The molecule has 0 bridgehead atoms. The molecule has 2 aromatic carbocycles. The van der Waals surface area contributed by atoms with Crippen molar-refractivity contribution in [3.05, 3.63) is 59.7 Å². The maximum absolute atomic E-state index is 13.0. The first kappa shape index (κ1) is 23.4. The normalized spacial score (nSPS) is 18.1. The van der Waals surface area contributed by atoms with Crippen LogP contribution in [-0.4, -0.2) is 62.2 Å². The molecule has 2 heterocycles. The molecule has 2 aliphatic heterocycles. The minimum Gasteiger partial charge on any atom is -0.336 e. The van der Waals surface area contributed by atoms with E-state index in [1.54, 1.807) is 34.1 Å². The van der Waals surface area contributed by atoms with E-state index >= 15 is 0 Å². The average Bonchev–Trinajstić information content (AvgIpc) is 2.84. The highest BCUT2D eigenvalue weighted by atomic mass is 32.2. The zero-order valence-corrected chi connectivity index (χ0v) is 20.1. The van der Waals surface area contributed by atoms with Gasteiger partial charge in [-0.15, -0.1) is 0 Å². The van der Waals surface area contributed by atoms with Gasteiger partial charge < -0.3 is 9.80 Å². The van der Waals surface area contributed by atoms with E-state index in [0.29, 0.717) is 37.5 Å². The fraction of sp³-hybridized carbons (Fsp3) is 0.440. The van der Waals surface area contributed by atoms with Crippen molar-refractivity contribution in [1.29, 1.82) is 0 Å². The van der Waals surface area contributed by atoms with E-state index in [2.05, 4.69) is 13.8 Å². The average molecular weight is 470 g/mol. The van der Waals surface area contributed by atoms with Crippen molar-refractivity contribution >= 4 is 27.5 Å². The number of anilines is 1. The second-order valence-corrected chi connectivity index (χ2v) is 10.9. The standard InChI is InChI=1S/C25H31N3O4S/c1-19(2)20-8-12-23(13-9-20)33(31,32)27-17-15-26(16-18-27)25(30)21-6-10-22(11-7-21)28-14-4-3-5-24(28)29/h6-13,19H,3-5,14-18H2,1-2H3. The molecule has 33 heavy (non-hydrogen) atoms. The molecule has 7 nitrogen and oxygen atoms in total. The lowest BCUT2D eigenvalue weighted by molar-refractivity contribution is -0.119. The van der Waals surface area contributed by atoms with Crippen LogP contribution in [0, 0.1) is 0 Å². The van der Waals surface area contributed by atoms with Crippen LogP contribution >= 0.6 is 0 Å². The molecule has 0 aromatic heterocycles. The Morgan fingerprint density at radius 1 is 0.848 bits per heavy atom. The first-order chi connectivity index (χ1) is 15.8. The van der Waals surface area contributed by atoms with E-state index in [-0.39, 0.29) is 29.8 Å². The number of hydrogen-bond donors (Lipinski definition) is 0. The van der Waals surface area contributed by atoms with Gasteiger partial charge in [0, 0.05) is 50.4 Å². The summed E-state index contributed by atoms with van der Waals surface area (Å²) in [7, 11) is -3.58. The summed E-state index contributed by atoms with van der Waals surface area (Å²) >= 11 is 0. The molecule has 176 valence electrons. The predicted octanol–water partition coefficient (Wildman–Crippen LogP) is 3.47. The lowest BCUT2D eigenvalue weighted by atomic mass is 10.0. The SMILES string of the molecule is CC(C)c1ccc(S(=O)(=O)N2CCN(C(=O)c3ccc(N4CCCCC4=O)cc3)CC2)cc1. The second kappa shape index (κ2) is 9.65. The van der Waals surface area contributed by atoms with E-state index in [4.69, 9.17) is 0 Å². The smallest absolute Gasteiger partial charge is 0.253 e. The second-order valence-electron chi connectivity index (χ2n) is 8.97. The number of rotatable bonds is 5. The minimum absolute atomic E-state index is 0.121. The fourth-order valence-electron chi connectivity index (χ4n) is 4.35. The van der Waals surface area contributed by atoms with Crippen LogP contribution in [0.3, 0.4) is 0 Å². The molecule has 0 unspecified atom stereocenters. The summed E-state index contributed by atoms with van der Waals surface area (Å²) in [6.07, 6.45) is 2.48. The largest absolute Gasteiger partial charge is 0.336 e. The van der Waals surface area contributed by atoms with E-state index in [1.807, 2.05) is 24.3 Å².